The summed E-state index contributed by atoms with van der Waals surface area (Å²) in [5, 5.41) is 0. The lowest BCUT2D eigenvalue weighted by Gasteiger charge is -2.20. The smallest absolute Gasteiger partial charge is 0.248 e. The first-order chi connectivity index (χ1) is 13.6. The Morgan fingerprint density at radius 2 is 1.71 bits per heavy atom. The van der Waals surface area contributed by atoms with Gasteiger partial charge in [0.2, 0.25) is 5.91 Å². The summed E-state index contributed by atoms with van der Waals surface area (Å²) in [6.07, 6.45) is 0.985. The zero-order valence-corrected chi connectivity index (χ0v) is 16.0. The summed E-state index contributed by atoms with van der Waals surface area (Å²) in [6.45, 7) is 1.87. The normalized spacial score (nSPS) is 16.8. The van der Waals surface area contributed by atoms with Crippen LogP contribution in [-0.4, -0.2) is 24.4 Å². The number of hydrogen-bond acceptors (Lipinski definition) is 3. The van der Waals surface area contributed by atoms with Crippen molar-refractivity contribution >= 4 is 5.91 Å². The van der Waals surface area contributed by atoms with Crippen LogP contribution < -0.4 is 10.5 Å². The fraction of sp³-hybridized carbons (Fsp3) is 0.208. The summed E-state index contributed by atoms with van der Waals surface area (Å²) in [5.41, 5.74) is 10.6. The number of para-hydroxylation sites is 1. The van der Waals surface area contributed by atoms with Crippen molar-refractivity contribution in [3.63, 3.8) is 0 Å². The van der Waals surface area contributed by atoms with E-state index in [1.165, 1.54) is 11.1 Å². The van der Waals surface area contributed by atoms with Crippen LogP contribution in [0.3, 0.4) is 0 Å². The summed E-state index contributed by atoms with van der Waals surface area (Å²) in [5.74, 6) is 0.491. The number of carbonyl (C=O) groups excluding carboxylic acids is 1. The second kappa shape index (κ2) is 7.87. The van der Waals surface area contributed by atoms with Gasteiger partial charge in [-0.3, -0.25) is 4.79 Å². The predicted octanol–water partition coefficient (Wildman–Crippen LogP) is 4.41. The molecule has 0 spiro atoms. The molecule has 0 saturated carbocycles. The molecule has 0 aromatic heterocycles. The Hall–Kier alpha value is -3.11. The summed E-state index contributed by atoms with van der Waals surface area (Å²) in [6, 6.07) is 24.0. The van der Waals surface area contributed by atoms with E-state index >= 15 is 0 Å². The van der Waals surface area contributed by atoms with Gasteiger partial charge >= 0.3 is 0 Å². The monoisotopic (exact) mass is 372 g/mol. The minimum Gasteiger partial charge on any atom is -0.486 e. The minimum atomic E-state index is -0.406. The van der Waals surface area contributed by atoms with Crippen molar-refractivity contribution in [3.05, 3.63) is 89.5 Å². The lowest BCUT2D eigenvalue weighted by atomic mass is 9.95. The van der Waals surface area contributed by atoms with Gasteiger partial charge in [0.1, 0.15) is 11.9 Å². The van der Waals surface area contributed by atoms with E-state index in [1.807, 2.05) is 42.5 Å². The third-order valence-corrected chi connectivity index (χ3v) is 5.23. The van der Waals surface area contributed by atoms with E-state index in [1.54, 1.807) is 12.1 Å². The average molecular weight is 372 g/mol. The zero-order valence-electron chi connectivity index (χ0n) is 16.0. The summed E-state index contributed by atoms with van der Waals surface area (Å²) >= 11 is 0. The third kappa shape index (κ3) is 3.92. The molecule has 142 valence electrons. The van der Waals surface area contributed by atoms with Gasteiger partial charge in [0.15, 0.2) is 0 Å². The second-order valence-corrected chi connectivity index (χ2v) is 7.30. The number of amides is 1. The maximum atomic E-state index is 11.3. The molecule has 1 aliphatic heterocycles. The number of nitrogens with zero attached hydrogens (tertiary/aromatic N) is 1. The number of benzene rings is 3. The van der Waals surface area contributed by atoms with E-state index in [4.69, 9.17) is 10.5 Å². The maximum absolute atomic E-state index is 11.3. The molecule has 1 amide bonds. The molecular formula is C24H24N2O2. The van der Waals surface area contributed by atoms with Crippen LogP contribution in [0.2, 0.25) is 0 Å². The Morgan fingerprint density at radius 1 is 1.00 bits per heavy atom. The molecule has 0 saturated heterocycles. The molecule has 2 N–H and O–H groups in total. The van der Waals surface area contributed by atoms with Gasteiger partial charge < -0.3 is 15.4 Å². The Morgan fingerprint density at radius 3 is 2.43 bits per heavy atom. The van der Waals surface area contributed by atoms with Crippen molar-refractivity contribution in [2.75, 3.05) is 13.6 Å². The molecule has 28 heavy (non-hydrogen) atoms. The van der Waals surface area contributed by atoms with Crippen LogP contribution in [0.4, 0.5) is 0 Å². The van der Waals surface area contributed by atoms with Gasteiger partial charge in [-0.25, -0.2) is 0 Å². The van der Waals surface area contributed by atoms with Gasteiger partial charge in [-0.2, -0.15) is 0 Å². The van der Waals surface area contributed by atoms with Crippen LogP contribution in [0.5, 0.6) is 5.75 Å². The fourth-order valence-corrected chi connectivity index (χ4v) is 3.71. The molecule has 1 heterocycles. The molecule has 0 fully saturated rings. The van der Waals surface area contributed by atoms with Crippen molar-refractivity contribution in [2.45, 2.75) is 19.1 Å². The number of nitrogens with two attached hydrogens (primary N) is 1. The molecule has 3 aromatic carbocycles. The number of carbonyl (C=O) groups is 1. The standard InChI is InChI=1S/C24H24N2O2/c1-26-14-13-23(28-21-5-3-2-4-6-21)22-12-11-19(15-20(22)16-26)17-7-9-18(10-8-17)24(25)27/h2-12,15,23H,13-14,16H2,1H3,(H2,25,27). The average Bonchev–Trinajstić information content (AvgIpc) is 2.87. The van der Waals surface area contributed by atoms with Gasteiger partial charge in [0.25, 0.3) is 0 Å². The van der Waals surface area contributed by atoms with E-state index in [2.05, 4.69) is 30.1 Å². The Kier molecular flexibility index (Phi) is 5.13. The highest BCUT2D eigenvalue weighted by Gasteiger charge is 2.23. The molecule has 4 rings (SSSR count). The zero-order chi connectivity index (χ0) is 19.5. The van der Waals surface area contributed by atoms with Crippen molar-refractivity contribution in [2.24, 2.45) is 5.73 Å². The van der Waals surface area contributed by atoms with Gasteiger partial charge in [-0.1, -0.05) is 42.5 Å². The fourth-order valence-electron chi connectivity index (χ4n) is 3.71. The summed E-state index contributed by atoms with van der Waals surface area (Å²) < 4.78 is 6.32. The largest absolute Gasteiger partial charge is 0.486 e. The van der Waals surface area contributed by atoms with Crippen molar-refractivity contribution < 1.29 is 9.53 Å². The molecule has 0 aliphatic carbocycles. The third-order valence-electron chi connectivity index (χ3n) is 5.23. The molecule has 0 bridgehead atoms. The second-order valence-electron chi connectivity index (χ2n) is 7.30. The lowest BCUT2D eigenvalue weighted by molar-refractivity contribution is 0.100. The van der Waals surface area contributed by atoms with E-state index in [-0.39, 0.29) is 6.10 Å². The molecule has 0 radical (unpaired) electrons. The number of hydrogen-bond donors (Lipinski definition) is 1. The van der Waals surface area contributed by atoms with Crippen LogP contribution >= 0.6 is 0 Å². The Labute approximate surface area is 165 Å². The molecule has 4 heteroatoms. The van der Waals surface area contributed by atoms with Crippen molar-refractivity contribution in [1.29, 1.82) is 0 Å². The van der Waals surface area contributed by atoms with Crippen LogP contribution in [0, 0.1) is 0 Å². The Balaban J connectivity index is 1.66. The van der Waals surface area contributed by atoms with Crippen molar-refractivity contribution in [1.82, 2.24) is 4.90 Å². The minimum absolute atomic E-state index is 0.0358. The molecular weight excluding hydrogens is 348 g/mol. The number of primary amides is 1. The topological polar surface area (TPSA) is 55.6 Å². The SMILES string of the molecule is CN1CCC(Oc2ccccc2)c2ccc(-c3ccc(C(N)=O)cc3)cc2C1. The number of rotatable bonds is 4. The summed E-state index contributed by atoms with van der Waals surface area (Å²) in [7, 11) is 2.14. The molecule has 1 unspecified atom stereocenters. The van der Waals surface area contributed by atoms with Crippen LogP contribution in [-0.2, 0) is 6.54 Å². The molecule has 3 aromatic rings. The highest BCUT2D eigenvalue weighted by atomic mass is 16.5. The first-order valence-electron chi connectivity index (χ1n) is 9.53. The van der Waals surface area contributed by atoms with Crippen LogP contribution in [0.15, 0.2) is 72.8 Å². The van der Waals surface area contributed by atoms with Gasteiger partial charge in [0.05, 0.1) is 0 Å². The van der Waals surface area contributed by atoms with E-state index in [0.717, 1.165) is 36.4 Å². The highest BCUT2D eigenvalue weighted by molar-refractivity contribution is 5.93. The molecule has 1 atom stereocenters. The quantitative estimate of drug-likeness (QED) is 0.738. The van der Waals surface area contributed by atoms with Gasteiger partial charge in [-0.05, 0) is 59.6 Å². The maximum Gasteiger partial charge on any atom is 0.248 e. The van der Waals surface area contributed by atoms with Gasteiger partial charge in [0, 0.05) is 25.1 Å². The van der Waals surface area contributed by atoms with Gasteiger partial charge in [-0.15, -0.1) is 0 Å². The first-order valence-corrected chi connectivity index (χ1v) is 9.53. The van der Waals surface area contributed by atoms with E-state index in [9.17, 15) is 4.79 Å². The van der Waals surface area contributed by atoms with Crippen LogP contribution in [0.1, 0.15) is 34.0 Å². The van der Waals surface area contributed by atoms with Crippen LogP contribution in [0.25, 0.3) is 11.1 Å². The number of ether oxygens (including phenoxy) is 1. The number of fused-ring (bicyclic) bond motifs is 1. The lowest BCUT2D eigenvalue weighted by Crippen LogP contribution is -2.18. The molecule has 4 nitrogen and oxygen atoms in total. The molecule has 1 aliphatic rings. The van der Waals surface area contributed by atoms with E-state index in [0.29, 0.717) is 5.56 Å². The highest BCUT2D eigenvalue weighted by Crippen LogP contribution is 2.33. The summed E-state index contributed by atoms with van der Waals surface area (Å²) in [4.78, 5) is 13.6. The first kappa shape index (κ1) is 18.3. The Bertz CT molecular complexity index is 968. The van der Waals surface area contributed by atoms with E-state index < -0.39 is 5.91 Å². The van der Waals surface area contributed by atoms with Crippen molar-refractivity contribution in [3.8, 4) is 16.9 Å². The predicted molar refractivity (Wildman–Crippen MR) is 111 cm³/mol.